The third-order valence-corrected chi connectivity index (χ3v) is 9.51. The number of esters is 1. The second-order valence-corrected chi connectivity index (χ2v) is 12.9. The molecule has 0 radical (unpaired) electrons. The molecule has 1 aliphatic rings. The molecule has 0 spiro atoms. The van der Waals surface area contributed by atoms with Gasteiger partial charge in [-0.3, -0.25) is 9.36 Å². The standard InChI is InChI=1S/C39H29BrN2O4S/c1-2-45-38(44)34-35(27-12-5-3-6-13-27)41-39-42(36(34)28-14-7-4-8-15-28)37(43)33(47-39)23-31-30-16-10-9-11-26(30)19-22-32(31)46-24-25-17-20-29(40)21-18-25/h3-23,36H,2,24H2,1H3/b33-23-/t36-/m1/s1. The van der Waals surface area contributed by atoms with E-state index in [0.717, 1.165) is 37.5 Å². The summed E-state index contributed by atoms with van der Waals surface area (Å²) in [5, 5.41) is 1.99. The molecule has 5 aromatic carbocycles. The predicted octanol–water partition coefficient (Wildman–Crippen LogP) is 7.43. The van der Waals surface area contributed by atoms with E-state index in [1.54, 1.807) is 11.5 Å². The normalized spacial score (nSPS) is 14.5. The van der Waals surface area contributed by atoms with Gasteiger partial charge in [-0.05, 0) is 53.1 Å². The molecule has 1 atom stereocenters. The number of aromatic nitrogens is 1. The summed E-state index contributed by atoms with van der Waals surface area (Å²) in [7, 11) is 0. The van der Waals surface area contributed by atoms with Crippen LogP contribution in [0.15, 0.2) is 141 Å². The largest absolute Gasteiger partial charge is 0.488 e. The van der Waals surface area contributed by atoms with Crippen LogP contribution in [0, 0.1) is 0 Å². The number of fused-ring (bicyclic) bond motifs is 2. The molecule has 8 heteroatoms. The maximum atomic E-state index is 14.5. The van der Waals surface area contributed by atoms with Crippen LogP contribution in [0.3, 0.4) is 0 Å². The average molecular weight is 702 g/mol. The van der Waals surface area contributed by atoms with Crippen molar-refractivity contribution >= 4 is 55.8 Å². The molecule has 0 saturated heterocycles. The van der Waals surface area contributed by atoms with E-state index in [1.807, 2.05) is 127 Å². The highest BCUT2D eigenvalue weighted by molar-refractivity contribution is 9.10. The second kappa shape index (κ2) is 13.4. The van der Waals surface area contributed by atoms with Crippen molar-refractivity contribution in [1.29, 1.82) is 0 Å². The van der Waals surface area contributed by atoms with E-state index in [1.165, 1.54) is 11.3 Å². The van der Waals surface area contributed by atoms with Gasteiger partial charge in [-0.25, -0.2) is 9.79 Å². The summed E-state index contributed by atoms with van der Waals surface area (Å²) in [4.78, 5) is 33.7. The third-order valence-electron chi connectivity index (χ3n) is 8.00. The van der Waals surface area contributed by atoms with Gasteiger partial charge in [-0.15, -0.1) is 0 Å². The van der Waals surface area contributed by atoms with Gasteiger partial charge < -0.3 is 9.47 Å². The van der Waals surface area contributed by atoms with Crippen molar-refractivity contribution < 1.29 is 14.3 Å². The summed E-state index contributed by atoms with van der Waals surface area (Å²) in [6.07, 6.45) is 1.89. The Kier molecular flexibility index (Phi) is 8.70. The van der Waals surface area contributed by atoms with E-state index in [9.17, 15) is 9.59 Å². The summed E-state index contributed by atoms with van der Waals surface area (Å²) < 4.78 is 15.1. The van der Waals surface area contributed by atoms with Crippen molar-refractivity contribution in [1.82, 2.24) is 4.57 Å². The molecular formula is C39H29BrN2O4S. The first-order chi connectivity index (χ1) is 23.0. The van der Waals surface area contributed by atoms with Gasteiger partial charge in [0.25, 0.3) is 5.56 Å². The van der Waals surface area contributed by atoms with Crippen LogP contribution in [-0.4, -0.2) is 17.1 Å². The average Bonchev–Trinajstić information content (AvgIpc) is 3.42. The number of hydrogen-bond donors (Lipinski definition) is 0. The molecule has 0 N–H and O–H groups in total. The number of thiazole rings is 1. The minimum absolute atomic E-state index is 0.195. The first-order valence-corrected chi connectivity index (χ1v) is 16.8. The lowest BCUT2D eigenvalue weighted by Gasteiger charge is -2.25. The van der Waals surface area contributed by atoms with Crippen LogP contribution in [0.5, 0.6) is 5.75 Å². The molecule has 6 nitrogen and oxygen atoms in total. The number of hydrogen-bond acceptors (Lipinski definition) is 6. The van der Waals surface area contributed by atoms with Crippen molar-refractivity contribution in [3.05, 3.63) is 173 Å². The lowest BCUT2D eigenvalue weighted by atomic mass is 9.93. The smallest absolute Gasteiger partial charge is 0.338 e. The Morgan fingerprint density at radius 3 is 2.34 bits per heavy atom. The Balaban J connectivity index is 1.45. The first-order valence-electron chi connectivity index (χ1n) is 15.2. The van der Waals surface area contributed by atoms with Crippen molar-refractivity contribution in [2.24, 2.45) is 4.99 Å². The minimum Gasteiger partial charge on any atom is -0.488 e. The fraction of sp³-hybridized carbons (Fsp3) is 0.103. The quantitative estimate of drug-likeness (QED) is 0.155. The summed E-state index contributed by atoms with van der Waals surface area (Å²) in [5.74, 6) is 0.158. The molecule has 0 amide bonds. The molecule has 2 heterocycles. The van der Waals surface area contributed by atoms with Crippen LogP contribution < -0.4 is 19.6 Å². The van der Waals surface area contributed by atoms with Crippen LogP contribution in [0.1, 0.15) is 35.2 Å². The van der Waals surface area contributed by atoms with Gasteiger partial charge in [-0.1, -0.05) is 130 Å². The molecule has 0 unspecified atom stereocenters. The number of benzene rings is 5. The highest BCUT2D eigenvalue weighted by Crippen LogP contribution is 2.35. The van der Waals surface area contributed by atoms with Gasteiger partial charge in [0.15, 0.2) is 4.80 Å². The predicted molar refractivity (Wildman–Crippen MR) is 190 cm³/mol. The lowest BCUT2D eigenvalue weighted by Crippen LogP contribution is -2.40. The zero-order chi connectivity index (χ0) is 32.3. The van der Waals surface area contributed by atoms with Crippen LogP contribution in [0.4, 0.5) is 0 Å². The molecule has 7 rings (SSSR count). The van der Waals surface area contributed by atoms with E-state index < -0.39 is 12.0 Å². The van der Waals surface area contributed by atoms with E-state index in [-0.39, 0.29) is 12.2 Å². The van der Waals surface area contributed by atoms with E-state index >= 15 is 0 Å². The maximum Gasteiger partial charge on any atom is 0.338 e. The highest BCUT2D eigenvalue weighted by atomic mass is 79.9. The molecule has 1 aromatic heterocycles. The molecule has 6 aromatic rings. The van der Waals surface area contributed by atoms with Gasteiger partial charge >= 0.3 is 5.97 Å². The lowest BCUT2D eigenvalue weighted by molar-refractivity contribution is -0.138. The number of rotatable bonds is 8. The van der Waals surface area contributed by atoms with Gasteiger partial charge in [-0.2, -0.15) is 0 Å². The molecule has 1 aliphatic heterocycles. The minimum atomic E-state index is -0.732. The van der Waals surface area contributed by atoms with Crippen LogP contribution in [0.25, 0.3) is 22.5 Å². The van der Waals surface area contributed by atoms with Crippen LogP contribution >= 0.6 is 27.3 Å². The second-order valence-electron chi connectivity index (χ2n) is 11.0. The monoisotopic (exact) mass is 700 g/mol. The van der Waals surface area contributed by atoms with Crippen molar-refractivity contribution in [2.45, 2.75) is 19.6 Å². The Morgan fingerprint density at radius 1 is 0.894 bits per heavy atom. The Bertz CT molecular complexity index is 2310. The van der Waals surface area contributed by atoms with Crippen molar-refractivity contribution in [3.63, 3.8) is 0 Å². The summed E-state index contributed by atoms with van der Waals surface area (Å²) in [6.45, 7) is 2.33. The fourth-order valence-corrected chi connectivity index (χ4v) is 7.06. The van der Waals surface area contributed by atoms with Crippen LogP contribution in [0.2, 0.25) is 0 Å². The summed E-state index contributed by atoms with van der Waals surface area (Å²) in [5.41, 5.74) is 3.95. The number of halogens is 1. The SMILES string of the molecule is CCOC(=O)C1=C(c2ccccc2)N=c2s/c(=C\c3c(OCc4ccc(Br)cc4)ccc4ccccc34)c(=O)n2[C@@H]1c1ccccc1. The fourth-order valence-electron chi connectivity index (χ4n) is 5.81. The number of nitrogens with zero attached hydrogens (tertiary/aromatic N) is 2. The summed E-state index contributed by atoms with van der Waals surface area (Å²) >= 11 is 4.79. The topological polar surface area (TPSA) is 69.9 Å². The Hall–Kier alpha value is -5.05. The molecule has 47 heavy (non-hydrogen) atoms. The first kappa shape index (κ1) is 30.6. The number of carbonyl (C=O) groups excluding carboxylic acids is 1. The van der Waals surface area contributed by atoms with Crippen molar-refractivity contribution in [3.8, 4) is 5.75 Å². The summed E-state index contributed by atoms with van der Waals surface area (Å²) in [6, 6.07) is 38.4. The van der Waals surface area contributed by atoms with Gasteiger partial charge in [0, 0.05) is 15.6 Å². The van der Waals surface area contributed by atoms with E-state index in [2.05, 4.69) is 15.9 Å². The molecule has 0 saturated carbocycles. The Morgan fingerprint density at radius 2 is 1.60 bits per heavy atom. The number of ether oxygens (including phenoxy) is 2. The van der Waals surface area contributed by atoms with Gasteiger partial charge in [0.05, 0.1) is 28.5 Å². The Labute approximate surface area is 283 Å². The molecular weight excluding hydrogens is 672 g/mol. The zero-order valence-electron chi connectivity index (χ0n) is 25.4. The third kappa shape index (κ3) is 6.10. The van der Waals surface area contributed by atoms with Gasteiger partial charge in [0.1, 0.15) is 12.4 Å². The highest BCUT2D eigenvalue weighted by Gasteiger charge is 2.35. The number of carbonyl (C=O) groups is 1. The zero-order valence-corrected chi connectivity index (χ0v) is 27.8. The molecule has 0 aliphatic carbocycles. The molecule has 0 fully saturated rings. The van der Waals surface area contributed by atoms with Crippen molar-refractivity contribution in [2.75, 3.05) is 6.61 Å². The molecule has 232 valence electrons. The van der Waals surface area contributed by atoms with Gasteiger partial charge in [0.2, 0.25) is 0 Å². The van der Waals surface area contributed by atoms with Crippen LogP contribution in [-0.2, 0) is 16.1 Å². The van der Waals surface area contributed by atoms with E-state index in [0.29, 0.717) is 33.0 Å². The van der Waals surface area contributed by atoms with E-state index in [4.69, 9.17) is 14.5 Å². The maximum absolute atomic E-state index is 14.5. The molecule has 0 bridgehead atoms.